The molecule has 0 bridgehead atoms. The highest BCUT2D eigenvalue weighted by Gasteiger charge is 2.23. The van der Waals surface area contributed by atoms with E-state index in [1.807, 2.05) is 0 Å². The standard InChI is InChI=1S/C14H17F2N3O2/c15-11-3-1-2-9(13(11)16)6-7-17-14(21)18-8-12(20)19-10-4-5-10/h1-3,10H,4-8H2,(H,19,20)(H2,17,18,21). The monoisotopic (exact) mass is 297 g/mol. The zero-order chi connectivity index (χ0) is 15.2. The molecule has 0 aromatic heterocycles. The van der Waals surface area contributed by atoms with Crippen LogP contribution in [0.25, 0.3) is 0 Å². The maximum absolute atomic E-state index is 13.4. The molecule has 3 amide bonds. The van der Waals surface area contributed by atoms with Crippen molar-refractivity contribution < 1.29 is 18.4 Å². The van der Waals surface area contributed by atoms with Crippen LogP contribution in [-0.4, -0.2) is 31.1 Å². The molecular formula is C14H17F2N3O2. The minimum Gasteiger partial charge on any atom is -0.352 e. The van der Waals surface area contributed by atoms with Crippen molar-refractivity contribution in [1.82, 2.24) is 16.0 Å². The number of carbonyl (C=O) groups is 2. The fourth-order valence-corrected chi connectivity index (χ4v) is 1.78. The Hall–Kier alpha value is -2.18. The molecule has 0 unspecified atom stereocenters. The van der Waals surface area contributed by atoms with Crippen LogP contribution in [0.5, 0.6) is 0 Å². The van der Waals surface area contributed by atoms with Crippen LogP contribution >= 0.6 is 0 Å². The lowest BCUT2D eigenvalue weighted by molar-refractivity contribution is -0.120. The van der Waals surface area contributed by atoms with Gasteiger partial charge < -0.3 is 16.0 Å². The average Bonchev–Trinajstić information content (AvgIpc) is 3.25. The number of benzene rings is 1. The molecule has 0 heterocycles. The summed E-state index contributed by atoms with van der Waals surface area (Å²) >= 11 is 0. The lowest BCUT2D eigenvalue weighted by atomic mass is 10.1. The number of nitrogens with one attached hydrogen (secondary N) is 3. The van der Waals surface area contributed by atoms with Crippen molar-refractivity contribution in [2.24, 2.45) is 0 Å². The third-order valence-corrected chi connectivity index (χ3v) is 3.06. The fourth-order valence-electron chi connectivity index (χ4n) is 1.78. The van der Waals surface area contributed by atoms with Gasteiger partial charge in [0.05, 0.1) is 6.54 Å². The Morgan fingerprint density at radius 2 is 1.95 bits per heavy atom. The molecule has 114 valence electrons. The minimum atomic E-state index is -0.909. The van der Waals surface area contributed by atoms with Gasteiger partial charge in [-0.3, -0.25) is 4.79 Å². The second-order valence-electron chi connectivity index (χ2n) is 4.91. The van der Waals surface area contributed by atoms with Crippen LogP contribution in [0, 0.1) is 11.6 Å². The molecule has 1 aromatic rings. The highest BCUT2D eigenvalue weighted by atomic mass is 19.2. The van der Waals surface area contributed by atoms with Crippen molar-refractivity contribution in [3.8, 4) is 0 Å². The van der Waals surface area contributed by atoms with Crippen LogP contribution in [0.4, 0.5) is 13.6 Å². The number of hydrogen-bond acceptors (Lipinski definition) is 2. The normalized spacial score (nSPS) is 13.6. The van der Waals surface area contributed by atoms with Crippen LogP contribution in [-0.2, 0) is 11.2 Å². The van der Waals surface area contributed by atoms with Gasteiger partial charge in [0.2, 0.25) is 5.91 Å². The Bertz CT molecular complexity index is 533. The van der Waals surface area contributed by atoms with Gasteiger partial charge in [0.1, 0.15) is 0 Å². The Labute approximate surface area is 121 Å². The first-order chi connectivity index (χ1) is 10.1. The Balaban J connectivity index is 1.64. The first-order valence-corrected chi connectivity index (χ1v) is 6.80. The smallest absolute Gasteiger partial charge is 0.315 e. The SMILES string of the molecule is O=C(CNC(=O)NCCc1cccc(F)c1F)NC1CC1. The van der Waals surface area contributed by atoms with Gasteiger partial charge in [-0.15, -0.1) is 0 Å². The van der Waals surface area contributed by atoms with E-state index in [1.54, 1.807) is 0 Å². The van der Waals surface area contributed by atoms with Crippen LogP contribution in [0.2, 0.25) is 0 Å². The Morgan fingerprint density at radius 3 is 2.67 bits per heavy atom. The van der Waals surface area contributed by atoms with Crippen molar-refractivity contribution in [2.75, 3.05) is 13.1 Å². The second kappa shape index (κ2) is 7.01. The van der Waals surface area contributed by atoms with Gasteiger partial charge in [-0.2, -0.15) is 0 Å². The highest BCUT2D eigenvalue weighted by molar-refractivity contribution is 5.84. The predicted octanol–water partition coefficient (Wildman–Crippen LogP) is 1.09. The van der Waals surface area contributed by atoms with Crippen LogP contribution < -0.4 is 16.0 Å². The summed E-state index contributed by atoms with van der Waals surface area (Å²) < 4.78 is 26.3. The number of urea groups is 1. The Morgan fingerprint density at radius 1 is 1.19 bits per heavy atom. The van der Waals surface area contributed by atoms with Crippen molar-refractivity contribution in [3.05, 3.63) is 35.4 Å². The molecule has 0 spiro atoms. The van der Waals surface area contributed by atoms with Crippen molar-refractivity contribution in [1.29, 1.82) is 0 Å². The largest absolute Gasteiger partial charge is 0.352 e. The summed E-state index contributed by atoms with van der Waals surface area (Å²) in [5.74, 6) is -2.04. The number of halogens is 2. The first kappa shape index (κ1) is 15.2. The quantitative estimate of drug-likeness (QED) is 0.735. The van der Waals surface area contributed by atoms with Crippen LogP contribution in [0.15, 0.2) is 18.2 Å². The molecule has 1 saturated carbocycles. The van der Waals surface area contributed by atoms with Gasteiger partial charge in [-0.1, -0.05) is 12.1 Å². The maximum atomic E-state index is 13.4. The van der Waals surface area contributed by atoms with Crippen molar-refractivity contribution >= 4 is 11.9 Å². The summed E-state index contributed by atoms with van der Waals surface area (Å²) in [6.07, 6.45) is 2.14. The van der Waals surface area contributed by atoms with E-state index >= 15 is 0 Å². The van der Waals surface area contributed by atoms with Crippen LogP contribution in [0.1, 0.15) is 18.4 Å². The van der Waals surface area contributed by atoms with Crippen molar-refractivity contribution in [2.45, 2.75) is 25.3 Å². The predicted molar refractivity (Wildman–Crippen MR) is 72.6 cm³/mol. The number of amides is 3. The molecule has 3 N–H and O–H groups in total. The molecule has 5 nitrogen and oxygen atoms in total. The van der Waals surface area contributed by atoms with E-state index in [9.17, 15) is 18.4 Å². The van der Waals surface area contributed by atoms with Gasteiger partial charge in [0.15, 0.2) is 11.6 Å². The highest BCUT2D eigenvalue weighted by Crippen LogP contribution is 2.18. The van der Waals surface area contributed by atoms with Gasteiger partial charge in [-0.25, -0.2) is 13.6 Å². The van der Waals surface area contributed by atoms with Crippen LogP contribution in [0.3, 0.4) is 0 Å². The first-order valence-electron chi connectivity index (χ1n) is 6.80. The molecule has 7 heteroatoms. The van der Waals surface area contributed by atoms with E-state index in [0.717, 1.165) is 18.9 Å². The zero-order valence-corrected chi connectivity index (χ0v) is 11.4. The topological polar surface area (TPSA) is 70.2 Å². The molecule has 0 atom stereocenters. The molecule has 1 fully saturated rings. The molecule has 0 radical (unpaired) electrons. The van der Waals surface area contributed by atoms with E-state index in [2.05, 4.69) is 16.0 Å². The molecule has 2 rings (SSSR count). The minimum absolute atomic E-state index is 0.101. The van der Waals surface area contributed by atoms with E-state index in [-0.39, 0.29) is 37.0 Å². The van der Waals surface area contributed by atoms with E-state index in [1.165, 1.54) is 12.1 Å². The molecule has 1 aromatic carbocycles. The molecule has 21 heavy (non-hydrogen) atoms. The third kappa shape index (κ3) is 5.02. The average molecular weight is 297 g/mol. The second-order valence-corrected chi connectivity index (χ2v) is 4.91. The van der Waals surface area contributed by atoms with Gasteiger partial charge in [0, 0.05) is 12.6 Å². The summed E-state index contributed by atoms with van der Waals surface area (Å²) in [7, 11) is 0. The molecular weight excluding hydrogens is 280 g/mol. The van der Waals surface area contributed by atoms with E-state index in [0.29, 0.717) is 0 Å². The number of carbonyl (C=O) groups excluding carboxylic acids is 2. The molecule has 0 aliphatic heterocycles. The van der Waals surface area contributed by atoms with E-state index in [4.69, 9.17) is 0 Å². The zero-order valence-electron chi connectivity index (χ0n) is 11.4. The van der Waals surface area contributed by atoms with E-state index < -0.39 is 17.7 Å². The summed E-state index contributed by atoms with van der Waals surface area (Å²) in [6, 6.07) is 3.64. The molecule has 1 aliphatic carbocycles. The third-order valence-electron chi connectivity index (χ3n) is 3.06. The summed E-state index contributed by atoms with van der Waals surface area (Å²) in [6.45, 7) is 0.0487. The summed E-state index contributed by atoms with van der Waals surface area (Å²) in [5, 5.41) is 7.61. The summed E-state index contributed by atoms with van der Waals surface area (Å²) in [5.41, 5.74) is 0.196. The lowest BCUT2D eigenvalue weighted by Gasteiger charge is -2.08. The fraction of sp³-hybridized carbons (Fsp3) is 0.429. The number of rotatable bonds is 6. The Kier molecular flexibility index (Phi) is 5.08. The van der Waals surface area contributed by atoms with Crippen molar-refractivity contribution in [3.63, 3.8) is 0 Å². The molecule has 0 saturated heterocycles. The summed E-state index contributed by atoms with van der Waals surface area (Å²) in [4.78, 5) is 22.8. The van der Waals surface area contributed by atoms with Gasteiger partial charge in [-0.05, 0) is 30.9 Å². The molecule has 1 aliphatic rings. The maximum Gasteiger partial charge on any atom is 0.315 e. The van der Waals surface area contributed by atoms with Gasteiger partial charge in [0.25, 0.3) is 0 Å². The van der Waals surface area contributed by atoms with Gasteiger partial charge >= 0.3 is 6.03 Å². The number of hydrogen-bond donors (Lipinski definition) is 3. The lowest BCUT2D eigenvalue weighted by Crippen LogP contribution is -2.43.